The number of aryl methyl sites for hydroxylation is 1. The molecule has 0 aliphatic rings. The lowest BCUT2D eigenvalue weighted by atomic mass is 10.4. The highest BCUT2D eigenvalue weighted by Crippen LogP contribution is 2.27. The van der Waals surface area contributed by atoms with Crippen LogP contribution in [-0.4, -0.2) is 17.8 Å². The fourth-order valence-corrected chi connectivity index (χ4v) is 2.51. The van der Waals surface area contributed by atoms with Gasteiger partial charge >= 0.3 is 0 Å². The van der Waals surface area contributed by atoms with Crippen molar-refractivity contribution in [3.05, 3.63) is 16.1 Å². The molecule has 1 atom stereocenters. The van der Waals surface area contributed by atoms with Crippen molar-refractivity contribution in [3.63, 3.8) is 0 Å². The van der Waals surface area contributed by atoms with Gasteiger partial charge in [-0.3, -0.25) is 0 Å². The van der Waals surface area contributed by atoms with Crippen LogP contribution < -0.4 is 5.73 Å². The van der Waals surface area contributed by atoms with Gasteiger partial charge in [-0.05, 0) is 13.2 Å². The van der Waals surface area contributed by atoms with Crippen LogP contribution in [0.15, 0.2) is 5.38 Å². The second kappa shape index (κ2) is 4.09. The van der Waals surface area contributed by atoms with E-state index in [-0.39, 0.29) is 0 Å². The van der Waals surface area contributed by atoms with E-state index in [0.717, 1.165) is 10.7 Å². The Balaban J connectivity index is 2.73. The summed E-state index contributed by atoms with van der Waals surface area (Å²) < 4.78 is 0. The Morgan fingerprint density at radius 3 is 2.91 bits per heavy atom. The topological polar surface area (TPSA) is 38.9 Å². The van der Waals surface area contributed by atoms with Crippen LogP contribution in [-0.2, 0) is 0 Å². The van der Waals surface area contributed by atoms with Crippen molar-refractivity contribution in [1.29, 1.82) is 0 Å². The number of hydrogen-bond acceptors (Lipinski definition) is 4. The molecule has 0 saturated carbocycles. The molecule has 1 aromatic heterocycles. The minimum atomic E-state index is 0.383. The largest absolute Gasteiger partial charge is 0.329 e. The molecule has 0 aliphatic carbocycles. The summed E-state index contributed by atoms with van der Waals surface area (Å²) in [4.78, 5) is 4.37. The van der Waals surface area contributed by atoms with E-state index >= 15 is 0 Å². The second-order valence-electron chi connectivity index (χ2n) is 2.29. The molecule has 2 nitrogen and oxygen atoms in total. The number of aromatic nitrogens is 1. The first kappa shape index (κ1) is 9.03. The lowest BCUT2D eigenvalue weighted by Gasteiger charge is -2.06. The molecular weight excluding hydrogens is 176 g/mol. The predicted molar refractivity (Wildman–Crippen MR) is 52.2 cm³/mol. The average molecular weight is 188 g/mol. The summed E-state index contributed by atoms with van der Waals surface area (Å²) in [5, 5.41) is 3.60. The van der Waals surface area contributed by atoms with Gasteiger partial charge in [0.15, 0.2) is 0 Å². The molecule has 11 heavy (non-hydrogen) atoms. The minimum Gasteiger partial charge on any atom is -0.329 e. The van der Waals surface area contributed by atoms with Gasteiger partial charge in [0.1, 0.15) is 5.01 Å². The highest BCUT2D eigenvalue weighted by Gasteiger charge is 2.10. The van der Waals surface area contributed by atoms with Crippen molar-refractivity contribution in [2.75, 3.05) is 12.8 Å². The molecule has 0 aromatic carbocycles. The molecule has 0 spiro atoms. The lowest BCUT2D eigenvalue weighted by molar-refractivity contribution is 0.923. The number of nitrogens with two attached hydrogens (primary N) is 1. The quantitative estimate of drug-likeness (QED) is 0.786. The van der Waals surface area contributed by atoms with Crippen molar-refractivity contribution < 1.29 is 0 Å². The van der Waals surface area contributed by atoms with Crippen molar-refractivity contribution in [2.24, 2.45) is 5.73 Å². The van der Waals surface area contributed by atoms with E-state index in [4.69, 9.17) is 5.73 Å². The van der Waals surface area contributed by atoms with Gasteiger partial charge in [-0.15, -0.1) is 11.3 Å². The summed E-state index contributed by atoms with van der Waals surface area (Å²) in [6.45, 7) is 2.68. The summed E-state index contributed by atoms with van der Waals surface area (Å²) in [6.07, 6.45) is 2.06. The van der Waals surface area contributed by atoms with E-state index in [1.807, 2.05) is 6.92 Å². The Morgan fingerprint density at radius 2 is 2.55 bits per heavy atom. The molecule has 1 rings (SSSR count). The number of rotatable bonds is 3. The molecule has 62 valence electrons. The molecule has 0 bridgehead atoms. The normalized spacial score (nSPS) is 13.4. The zero-order valence-corrected chi connectivity index (χ0v) is 8.34. The van der Waals surface area contributed by atoms with E-state index in [1.54, 1.807) is 23.1 Å². The predicted octanol–water partition coefficient (Wildman–Crippen LogP) is 1.81. The Hall–Kier alpha value is -0.0600. The van der Waals surface area contributed by atoms with Gasteiger partial charge in [-0.2, -0.15) is 11.8 Å². The van der Waals surface area contributed by atoms with E-state index < -0.39 is 0 Å². The first-order chi connectivity index (χ1) is 5.27. The van der Waals surface area contributed by atoms with Gasteiger partial charge in [0.2, 0.25) is 0 Å². The highest BCUT2D eigenvalue weighted by atomic mass is 32.2. The van der Waals surface area contributed by atoms with E-state index in [0.29, 0.717) is 11.8 Å². The van der Waals surface area contributed by atoms with Crippen molar-refractivity contribution in [2.45, 2.75) is 12.2 Å². The molecule has 2 N–H and O–H groups in total. The van der Waals surface area contributed by atoms with Crippen LogP contribution >= 0.6 is 23.1 Å². The van der Waals surface area contributed by atoms with Crippen LogP contribution in [0.3, 0.4) is 0 Å². The van der Waals surface area contributed by atoms with Crippen molar-refractivity contribution in [1.82, 2.24) is 4.98 Å². The smallest absolute Gasteiger partial charge is 0.107 e. The molecule has 1 unspecified atom stereocenters. The molecule has 1 heterocycles. The van der Waals surface area contributed by atoms with Gasteiger partial charge in [-0.25, -0.2) is 4.98 Å². The van der Waals surface area contributed by atoms with Gasteiger partial charge in [-0.1, -0.05) is 0 Å². The van der Waals surface area contributed by atoms with E-state index in [1.165, 1.54) is 0 Å². The molecule has 0 fully saturated rings. The van der Waals surface area contributed by atoms with Crippen molar-refractivity contribution in [3.8, 4) is 0 Å². The average Bonchev–Trinajstić information content (AvgIpc) is 2.39. The summed E-state index contributed by atoms with van der Waals surface area (Å²) in [5.41, 5.74) is 6.67. The van der Waals surface area contributed by atoms with Crippen LogP contribution in [0.1, 0.15) is 16.0 Å². The molecule has 1 aromatic rings. The monoisotopic (exact) mass is 188 g/mol. The summed E-state index contributed by atoms with van der Waals surface area (Å²) in [5.74, 6) is 0. The van der Waals surface area contributed by atoms with Crippen LogP contribution in [0, 0.1) is 6.92 Å². The molecular formula is C7H12N2S2. The fourth-order valence-electron chi connectivity index (χ4n) is 0.818. The van der Waals surface area contributed by atoms with Crippen LogP contribution in [0.4, 0.5) is 0 Å². The van der Waals surface area contributed by atoms with Crippen LogP contribution in [0.2, 0.25) is 0 Å². The maximum absolute atomic E-state index is 5.57. The summed E-state index contributed by atoms with van der Waals surface area (Å²) >= 11 is 3.45. The number of hydrogen-bond donors (Lipinski definition) is 1. The zero-order chi connectivity index (χ0) is 8.27. The third kappa shape index (κ3) is 2.18. The maximum atomic E-state index is 5.57. The third-order valence-electron chi connectivity index (χ3n) is 1.41. The molecule has 0 saturated heterocycles. The minimum absolute atomic E-state index is 0.383. The first-order valence-electron chi connectivity index (χ1n) is 3.42. The summed E-state index contributed by atoms with van der Waals surface area (Å²) in [7, 11) is 0. The van der Waals surface area contributed by atoms with Gasteiger partial charge in [0.05, 0.1) is 5.25 Å². The van der Waals surface area contributed by atoms with Crippen LogP contribution in [0.5, 0.6) is 0 Å². The molecule has 0 amide bonds. The van der Waals surface area contributed by atoms with Gasteiger partial charge < -0.3 is 5.73 Å². The zero-order valence-electron chi connectivity index (χ0n) is 6.70. The highest BCUT2D eigenvalue weighted by molar-refractivity contribution is 7.99. The van der Waals surface area contributed by atoms with Gasteiger partial charge in [0, 0.05) is 17.6 Å². The standard InChI is InChI=1S/C7H12N2S2/c1-5-4-11-7(9-5)6(3-8)10-2/h4,6H,3,8H2,1-2H3. The SMILES string of the molecule is CSC(CN)c1nc(C)cs1. The first-order valence-corrected chi connectivity index (χ1v) is 5.59. The van der Waals surface area contributed by atoms with Crippen LogP contribution in [0.25, 0.3) is 0 Å². The van der Waals surface area contributed by atoms with Crippen molar-refractivity contribution >= 4 is 23.1 Å². The maximum Gasteiger partial charge on any atom is 0.107 e. The Bertz CT molecular complexity index is 218. The summed E-state index contributed by atoms with van der Waals surface area (Å²) in [6, 6.07) is 0. The number of thioether (sulfide) groups is 1. The fraction of sp³-hybridized carbons (Fsp3) is 0.571. The van der Waals surface area contributed by atoms with E-state index in [9.17, 15) is 0 Å². The van der Waals surface area contributed by atoms with E-state index in [2.05, 4.69) is 16.6 Å². The molecule has 0 radical (unpaired) electrons. The second-order valence-corrected chi connectivity index (χ2v) is 4.22. The molecule has 4 heteroatoms. The Morgan fingerprint density at radius 1 is 1.82 bits per heavy atom. The molecule has 0 aliphatic heterocycles. The van der Waals surface area contributed by atoms with Gasteiger partial charge in [0.25, 0.3) is 0 Å². The number of thiazole rings is 1. The Labute approximate surface area is 75.2 Å². The third-order valence-corrected chi connectivity index (χ3v) is 3.62. The Kier molecular flexibility index (Phi) is 3.36. The lowest BCUT2D eigenvalue weighted by Crippen LogP contribution is -2.08. The number of nitrogens with zero attached hydrogens (tertiary/aromatic N) is 1.